The summed E-state index contributed by atoms with van der Waals surface area (Å²) in [5.74, 6) is 3.05. The lowest BCUT2D eigenvalue weighted by atomic mass is 10.1. The average Bonchev–Trinajstić information content (AvgIpc) is 3.34. The summed E-state index contributed by atoms with van der Waals surface area (Å²) in [5, 5.41) is 3.33. The predicted molar refractivity (Wildman–Crippen MR) is 82.7 cm³/mol. The maximum absolute atomic E-state index is 5.43. The highest BCUT2D eigenvalue weighted by molar-refractivity contribution is 5.70. The van der Waals surface area contributed by atoms with E-state index in [1.165, 1.54) is 12.8 Å². The van der Waals surface area contributed by atoms with Crippen LogP contribution in [0.5, 0.6) is 5.75 Å². The fraction of sp³-hybridized carbons (Fsp3) is 0.438. The molecule has 2 aromatic rings. The first-order valence-electron chi connectivity index (χ1n) is 7.36. The molecule has 21 heavy (non-hydrogen) atoms. The summed E-state index contributed by atoms with van der Waals surface area (Å²) in [6, 6.07) is 3.78. The van der Waals surface area contributed by atoms with Crippen LogP contribution in [0.2, 0.25) is 0 Å². The summed E-state index contributed by atoms with van der Waals surface area (Å²) in [4.78, 5) is 13.9. The van der Waals surface area contributed by atoms with Gasteiger partial charge >= 0.3 is 0 Å². The van der Waals surface area contributed by atoms with E-state index in [0.29, 0.717) is 5.92 Å². The molecule has 0 atom stereocenters. The fourth-order valence-corrected chi connectivity index (χ4v) is 2.36. The van der Waals surface area contributed by atoms with E-state index in [1.54, 1.807) is 13.3 Å². The van der Waals surface area contributed by atoms with Crippen molar-refractivity contribution in [3.63, 3.8) is 0 Å². The van der Waals surface area contributed by atoms with Crippen LogP contribution in [0.1, 0.15) is 37.1 Å². The molecule has 2 aromatic heterocycles. The van der Waals surface area contributed by atoms with Crippen molar-refractivity contribution in [2.45, 2.75) is 32.6 Å². The summed E-state index contributed by atoms with van der Waals surface area (Å²) in [6.45, 7) is 4.93. The van der Waals surface area contributed by atoms with Gasteiger partial charge < -0.3 is 10.1 Å². The summed E-state index contributed by atoms with van der Waals surface area (Å²) in [6.07, 6.45) is 4.12. The Kier molecular flexibility index (Phi) is 3.73. The van der Waals surface area contributed by atoms with Gasteiger partial charge in [-0.2, -0.15) is 0 Å². The smallest absolute Gasteiger partial charge is 0.146 e. The van der Waals surface area contributed by atoms with Crippen molar-refractivity contribution in [3.8, 4) is 17.1 Å². The largest absolute Gasteiger partial charge is 0.494 e. The highest BCUT2D eigenvalue weighted by Crippen LogP contribution is 2.40. The monoisotopic (exact) mass is 284 g/mol. The number of rotatable bonds is 5. The second kappa shape index (κ2) is 5.68. The Hall–Kier alpha value is -2.17. The van der Waals surface area contributed by atoms with Gasteiger partial charge in [-0.15, -0.1) is 0 Å². The number of aromatic nitrogens is 3. The molecule has 0 spiro atoms. The minimum Gasteiger partial charge on any atom is -0.494 e. The zero-order valence-electron chi connectivity index (χ0n) is 12.7. The van der Waals surface area contributed by atoms with Crippen molar-refractivity contribution < 1.29 is 4.74 Å². The number of ether oxygens (including phenoxy) is 1. The van der Waals surface area contributed by atoms with Gasteiger partial charge in [-0.05, 0) is 38.8 Å². The van der Waals surface area contributed by atoms with Gasteiger partial charge in [0.25, 0.3) is 0 Å². The lowest BCUT2D eigenvalue weighted by Crippen LogP contribution is -2.08. The van der Waals surface area contributed by atoms with Crippen LogP contribution in [0, 0.1) is 6.92 Å². The van der Waals surface area contributed by atoms with Gasteiger partial charge in [0.1, 0.15) is 28.8 Å². The Labute approximate surface area is 124 Å². The maximum Gasteiger partial charge on any atom is 0.146 e. The van der Waals surface area contributed by atoms with E-state index in [0.717, 1.165) is 40.9 Å². The third kappa shape index (κ3) is 2.68. The molecule has 1 saturated carbocycles. The van der Waals surface area contributed by atoms with E-state index >= 15 is 0 Å². The molecule has 0 bridgehead atoms. The molecule has 1 aliphatic rings. The molecule has 1 N–H and O–H groups in total. The van der Waals surface area contributed by atoms with E-state index in [1.807, 2.05) is 19.1 Å². The highest BCUT2D eigenvalue weighted by atomic mass is 16.5. The Bertz CT molecular complexity index is 653. The molecule has 1 fully saturated rings. The summed E-state index contributed by atoms with van der Waals surface area (Å²) in [5.41, 5.74) is 2.65. The van der Waals surface area contributed by atoms with Gasteiger partial charge in [-0.3, -0.25) is 4.98 Å². The van der Waals surface area contributed by atoms with E-state index in [-0.39, 0.29) is 0 Å². The van der Waals surface area contributed by atoms with Crippen LogP contribution in [0.4, 0.5) is 5.82 Å². The van der Waals surface area contributed by atoms with Gasteiger partial charge in [0.2, 0.25) is 0 Å². The fourth-order valence-electron chi connectivity index (χ4n) is 2.36. The van der Waals surface area contributed by atoms with Crippen molar-refractivity contribution in [2.75, 3.05) is 19.0 Å². The van der Waals surface area contributed by atoms with Gasteiger partial charge in [0, 0.05) is 24.2 Å². The summed E-state index contributed by atoms with van der Waals surface area (Å²) in [7, 11) is 1.66. The molecular weight excluding hydrogens is 264 g/mol. The molecule has 110 valence electrons. The second-order valence-electron chi connectivity index (χ2n) is 5.26. The molecule has 5 heteroatoms. The Morgan fingerprint density at radius 1 is 1.29 bits per heavy atom. The number of pyridine rings is 1. The van der Waals surface area contributed by atoms with Crippen LogP contribution in [0.15, 0.2) is 18.3 Å². The predicted octanol–water partition coefficient (Wildman–Crippen LogP) is 3.16. The van der Waals surface area contributed by atoms with Crippen LogP contribution in [-0.2, 0) is 0 Å². The van der Waals surface area contributed by atoms with E-state index in [9.17, 15) is 0 Å². The highest BCUT2D eigenvalue weighted by Gasteiger charge is 2.29. The standard InChI is InChI=1S/C16H20N4O/c1-4-17-15-10(2)13(19-16(20-15)11-7-8-11)14-12(21-3)6-5-9-18-14/h5-6,9,11H,4,7-8H2,1-3H3,(H,17,19,20). The van der Waals surface area contributed by atoms with E-state index in [4.69, 9.17) is 9.72 Å². The summed E-state index contributed by atoms with van der Waals surface area (Å²) >= 11 is 0. The molecule has 1 aliphatic carbocycles. The second-order valence-corrected chi connectivity index (χ2v) is 5.26. The van der Waals surface area contributed by atoms with E-state index < -0.39 is 0 Å². The number of anilines is 1. The molecule has 0 aliphatic heterocycles. The minimum atomic E-state index is 0.497. The Balaban J connectivity index is 2.15. The first-order valence-corrected chi connectivity index (χ1v) is 7.36. The minimum absolute atomic E-state index is 0.497. The quantitative estimate of drug-likeness (QED) is 0.914. The zero-order valence-corrected chi connectivity index (χ0v) is 12.7. The van der Waals surface area contributed by atoms with E-state index in [2.05, 4.69) is 22.2 Å². The molecule has 0 radical (unpaired) electrons. The maximum atomic E-state index is 5.43. The van der Waals surface area contributed by atoms with Crippen LogP contribution < -0.4 is 10.1 Å². The van der Waals surface area contributed by atoms with Crippen LogP contribution in [0.3, 0.4) is 0 Å². The Morgan fingerprint density at radius 2 is 2.10 bits per heavy atom. The molecule has 5 nitrogen and oxygen atoms in total. The normalized spacial score (nSPS) is 14.0. The SMILES string of the molecule is CCNc1nc(C2CC2)nc(-c2ncccc2OC)c1C. The first-order chi connectivity index (χ1) is 10.2. The van der Waals surface area contributed by atoms with Crippen molar-refractivity contribution >= 4 is 5.82 Å². The number of hydrogen-bond acceptors (Lipinski definition) is 5. The van der Waals surface area contributed by atoms with Gasteiger partial charge in [0.15, 0.2) is 0 Å². The average molecular weight is 284 g/mol. The lowest BCUT2D eigenvalue weighted by Gasteiger charge is -2.14. The first kappa shape index (κ1) is 13.8. The Morgan fingerprint density at radius 3 is 2.76 bits per heavy atom. The van der Waals surface area contributed by atoms with Crippen molar-refractivity contribution in [1.82, 2.24) is 15.0 Å². The van der Waals surface area contributed by atoms with Crippen LogP contribution >= 0.6 is 0 Å². The molecule has 0 aromatic carbocycles. The number of methoxy groups -OCH3 is 1. The zero-order chi connectivity index (χ0) is 14.8. The summed E-state index contributed by atoms with van der Waals surface area (Å²) < 4.78 is 5.43. The van der Waals surface area contributed by atoms with Gasteiger partial charge in [0.05, 0.1) is 7.11 Å². The number of nitrogens with zero attached hydrogens (tertiary/aromatic N) is 3. The van der Waals surface area contributed by atoms with Crippen LogP contribution in [0.25, 0.3) is 11.4 Å². The molecule has 2 heterocycles. The third-order valence-corrected chi connectivity index (χ3v) is 3.66. The number of hydrogen-bond donors (Lipinski definition) is 1. The van der Waals surface area contributed by atoms with Gasteiger partial charge in [-0.1, -0.05) is 0 Å². The van der Waals surface area contributed by atoms with Crippen molar-refractivity contribution in [1.29, 1.82) is 0 Å². The molecule has 0 unspecified atom stereocenters. The lowest BCUT2D eigenvalue weighted by molar-refractivity contribution is 0.414. The molecule has 0 amide bonds. The molecule has 0 saturated heterocycles. The van der Waals surface area contributed by atoms with Crippen LogP contribution in [-0.4, -0.2) is 28.6 Å². The third-order valence-electron chi connectivity index (χ3n) is 3.66. The topological polar surface area (TPSA) is 59.9 Å². The molecule has 3 rings (SSSR count). The van der Waals surface area contributed by atoms with Crippen molar-refractivity contribution in [2.24, 2.45) is 0 Å². The number of nitrogens with one attached hydrogen (secondary N) is 1. The van der Waals surface area contributed by atoms with Gasteiger partial charge in [-0.25, -0.2) is 9.97 Å². The van der Waals surface area contributed by atoms with Crippen molar-refractivity contribution in [3.05, 3.63) is 29.7 Å². The molecular formula is C16H20N4O.